The average Bonchev–Trinajstić information content (AvgIpc) is 3.34. The minimum absolute atomic E-state index is 0.140. The zero-order chi connectivity index (χ0) is 15.4. The van der Waals surface area contributed by atoms with E-state index in [1.54, 1.807) is 7.11 Å². The minimum atomic E-state index is -0.140. The van der Waals surface area contributed by atoms with Crippen LogP contribution in [0, 0.1) is 0 Å². The van der Waals surface area contributed by atoms with Crippen LogP contribution < -0.4 is 20.7 Å². The summed E-state index contributed by atoms with van der Waals surface area (Å²) in [5.74, 6) is 0.826. The number of carbonyl (C=O) groups excluding carboxylic acids is 1. The number of hydrogen-bond acceptors (Lipinski definition) is 3. The van der Waals surface area contributed by atoms with Crippen LogP contribution in [0.15, 0.2) is 48.5 Å². The molecule has 3 rings (SSSR count). The molecule has 1 saturated carbocycles. The second-order valence-corrected chi connectivity index (χ2v) is 5.30. The molecule has 0 spiro atoms. The van der Waals surface area contributed by atoms with Crippen LogP contribution in [0.2, 0.25) is 0 Å². The molecule has 5 nitrogen and oxygen atoms in total. The number of hydrogen-bond donors (Lipinski definition) is 3. The number of carbonyl (C=O) groups is 1. The molecule has 1 aliphatic carbocycles. The third-order valence-electron chi connectivity index (χ3n) is 3.43. The lowest BCUT2D eigenvalue weighted by molar-refractivity contribution is 0.251. The van der Waals surface area contributed by atoms with Crippen LogP contribution in [-0.2, 0) is 0 Å². The summed E-state index contributed by atoms with van der Waals surface area (Å²) >= 11 is 0. The predicted octanol–water partition coefficient (Wildman–Crippen LogP) is 3.72. The fourth-order valence-electron chi connectivity index (χ4n) is 2.06. The molecular formula is C17H19N3O2. The van der Waals surface area contributed by atoms with Gasteiger partial charge in [-0.25, -0.2) is 4.79 Å². The molecule has 2 aromatic rings. The van der Waals surface area contributed by atoms with E-state index in [4.69, 9.17) is 4.74 Å². The number of nitrogens with one attached hydrogen (secondary N) is 3. The van der Waals surface area contributed by atoms with Gasteiger partial charge in [0.25, 0.3) is 0 Å². The summed E-state index contributed by atoms with van der Waals surface area (Å²) in [6, 6.07) is 15.5. The fourth-order valence-corrected chi connectivity index (χ4v) is 2.06. The zero-order valence-electron chi connectivity index (χ0n) is 12.4. The largest absolute Gasteiger partial charge is 0.497 e. The summed E-state index contributed by atoms with van der Waals surface area (Å²) in [7, 11) is 1.65. The smallest absolute Gasteiger partial charge is 0.319 e. The van der Waals surface area contributed by atoms with Gasteiger partial charge in [0.2, 0.25) is 0 Å². The van der Waals surface area contributed by atoms with Gasteiger partial charge < -0.3 is 20.7 Å². The Bertz CT molecular complexity index is 634. The summed E-state index contributed by atoms with van der Waals surface area (Å²) in [5, 5.41) is 9.01. The number of ether oxygens (including phenoxy) is 1. The van der Waals surface area contributed by atoms with Gasteiger partial charge in [0.15, 0.2) is 0 Å². The van der Waals surface area contributed by atoms with Crippen molar-refractivity contribution in [3.63, 3.8) is 0 Å². The molecule has 1 aliphatic rings. The van der Waals surface area contributed by atoms with Gasteiger partial charge in [-0.15, -0.1) is 0 Å². The number of anilines is 3. The first kappa shape index (κ1) is 14.3. The highest BCUT2D eigenvalue weighted by Crippen LogP contribution is 2.22. The standard InChI is InChI=1S/C17H19N3O2/c1-22-16-10-8-13(9-11-16)18-12-2-4-14(5-3-12)19-17(21)20-15-6-7-15/h2-5,8-11,15,18H,6-7H2,1H3,(H2,19,20,21). The number of benzene rings is 2. The van der Waals surface area contributed by atoms with Crippen LogP contribution in [0.4, 0.5) is 21.9 Å². The molecule has 2 aromatic carbocycles. The van der Waals surface area contributed by atoms with Crippen molar-refractivity contribution in [2.24, 2.45) is 0 Å². The highest BCUT2D eigenvalue weighted by Gasteiger charge is 2.23. The van der Waals surface area contributed by atoms with Crippen molar-refractivity contribution in [2.45, 2.75) is 18.9 Å². The summed E-state index contributed by atoms with van der Waals surface area (Å²) < 4.78 is 5.13. The molecule has 0 aromatic heterocycles. The fraction of sp³-hybridized carbons (Fsp3) is 0.235. The summed E-state index contributed by atoms with van der Waals surface area (Å²) in [4.78, 5) is 11.6. The Labute approximate surface area is 129 Å². The number of methoxy groups -OCH3 is 1. The quantitative estimate of drug-likeness (QED) is 0.788. The molecule has 114 valence electrons. The maximum absolute atomic E-state index is 11.6. The van der Waals surface area contributed by atoms with Crippen molar-refractivity contribution < 1.29 is 9.53 Å². The third-order valence-corrected chi connectivity index (χ3v) is 3.43. The molecule has 22 heavy (non-hydrogen) atoms. The summed E-state index contributed by atoms with van der Waals surface area (Å²) in [5.41, 5.74) is 2.71. The number of rotatable bonds is 5. The molecule has 0 heterocycles. The monoisotopic (exact) mass is 297 g/mol. The van der Waals surface area contributed by atoms with E-state index in [1.807, 2.05) is 48.5 Å². The topological polar surface area (TPSA) is 62.4 Å². The molecule has 1 fully saturated rings. The van der Waals surface area contributed by atoms with Gasteiger partial charge in [0.05, 0.1) is 7.11 Å². The van der Waals surface area contributed by atoms with E-state index in [2.05, 4.69) is 16.0 Å². The molecule has 2 amide bonds. The van der Waals surface area contributed by atoms with Gasteiger partial charge in [-0.1, -0.05) is 0 Å². The Balaban J connectivity index is 1.56. The van der Waals surface area contributed by atoms with Crippen molar-refractivity contribution in [1.29, 1.82) is 0 Å². The predicted molar refractivity (Wildman–Crippen MR) is 87.9 cm³/mol. The molecule has 5 heteroatoms. The zero-order valence-corrected chi connectivity index (χ0v) is 12.4. The average molecular weight is 297 g/mol. The van der Waals surface area contributed by atoms with Gasteiger partial charge in [0, 0.05) is 23.1 Å². The van der Waals surface area contributed by atoms with Gasteiger partial charge in [-0.2, -0.15) is 0 Å². The van der Waals surface area contributed by atoms with E-state index in [0.29, 0.717) is 6.04 Å². The first-order valence-electron chi connectivity index (χ1n) is 7.31. The molecule has 0 aliphatic heterocycles. The van der Waals surface area contributed by atoms with E-state index in [9.17, 15) is 4.79 Å². The summed E-state index contributed by atoms with van der Waals surface area (Å²) in [6.07, 6.45) is 2.16. The Morgan fingerprint density at radius 3 is 2.05 bits per heavy atom. The van der Waals surface area contributed by atoms with Crippen LogP contribution in [0.25, 0.3) is 0 Å². The second-order valence-electron chi connectivity index (χ2n) is 5.30. The normalized spacial score (nSPS) is 13.3. The third kappa shape index (κ3) is 3.91. The molecular weight excluding hydrogens is 278 g/mol. The van der Waals surface area contributed by atoms with Crippen LogP contribution in [0.3, 0.4) is 0 Å². The molecule has 3 N–H and O–H groups in total. The Morgan fingerprint density at radius 1 is 0.955 bits per heavy atom. The van der Waals surface area contributed by atoms with Crippen molar-refractivity contribution in [3.05, 3.63) is 48.5 Å². The van der Waals surface area contributed by atoms with Gasteiger partial charge in [-0.3, -0.25) is 0 Å². The Morgan fingerprint density at radius 2 is 1.50 bits per heavy atom. The van der Waals surface area contributed by atoms with Gasteiger partial charge in [-0.05, 0) is 61.4 Å². The van der Waals surface area contributed by atoms with E-state index < -0.39 is 0 Å². The molecule has 0 saturated heterocycles. The lowest BCUT2D eigenvalue weighted by atomic mass is 10.2. The molecule has 0 radical (unpaired) electrons. The van der Waals surface area contributed by atoms with Crippen LogP contribution in [0.1, 0.15) is 12.8 Å². The van der Waals surface area contributed by atoms with Crippen molar-refractivity contribution in [3.8, 4) is 5.75 Å². The minimum Gasteiger partial charge on any atom is -0.497 e. The van der Waals surface area contributed by atoms with E-state index in [-0.39, 0.29) is 6.03 Å². The maximum atomic E-state index is 11.6. The molecule has 0 bridgehead atoms. The second kappa shape index (κ2) is 6.39. The Hall–Kier alpha value is -2.69. The van der Waals surface area contributed by atoms with Gasteiger partial charge in [0.1, 0.15) is 5.75 Å². The van der Waals surface area contributed by atoms with Crippen LogP contribution in [0.5, 0.6) is 5.75 Å². The van der Waals surface area contributed by atoms with Crippen molar-refractivity contribution in [1.82, 2.24) is 5.32 Å². The van der Waals surface area contributed by atoms with Crippen molar-refractivity contribution >= 4 is 23.1 Å². The number of urea groups is 1. The summed E-state index contributed by atoms with van der Waals surface area (Å²) in [6.45, 7) is 0. The highest BCUT2D eigenvalue weighted by molar-refractivity contribution is 5.89. The van der Waals surface area contributed by atoms with Gasteiger partial charge >= 0.3 is 6.03 Å². The molecule has 0 unspecified atom stereocenters. The highest BCUT2D eigenvalue weighted by atomic mass is 16.5. The van der Waals surface area contributed by atoms with Crippen LogP contribution >= 0.6 is 0 Å². The first-order valence-corrected chi connectivity index (χ1v) is 7.31. The first-order chi connectivity index (χ1) is 10.7. The lowest BCUT2D eigenvalue weighted by Crippen LogP contribution is -2.30. The van der Waals surface area contributed by atoms with E-state index >= 15 is 0 Å². The maximum Gasteiger partial charge on any atom is 0.319 e. The Kier molecular flexibility index (Phi) is 4.14. The van der Waals surface area contributed by atoms with E-state index in [1.165, 1.54) is 0 Å². The number of amides is 2. The van der Waals surface area contributed by atoms with E-state index in [0.717, 1.165) is 35.7 Å². The lowest BCUT2D eigenvalue weighted by Gasteiger charge is -2.09. The van der Waals surface area contributed by atoms with Crippen molar-refractivity contribution in [2.75, 3.05) is 17.7 Å². The van der Waals surface area contributed by atoms with Crippen LogP contribution in [-0.4, -0.2) is 19.2 Å². The SMILES string of the molecule is COc1ccc(Nc2ccc(NC(=O)NC3CC3)cc2)cc1. The molecule has 0 atom stereocenters.